The lowest BCUT2D eigenvalue weighted by Crippen LogP contribution is -2.38. The number of nitrogen functional groups attached to an aromatic ring is 1. The number of primary amides is 1. The number of sulfonamides is 1. The molecule has 116 valence electrons. The number of carbonyl (C=O) groups is 2. The van der Waals surface area contributed by atoms with Gasteiger partial charge in [-0.2, -0.15) is 4.31 Å². The quantitative estimate of drug-likeness (QED) is 0.679. The molecule has 0 aromatic heterocycles. The smallest absolute Gasteiger partial charge is 0.248 e. The number of benzene rings is 1. The summed E-state index contributed by atoms with van der Waals surface area (Å²) in [6.07, 6.45) is 0. The van der Waals surface area contributed by atoms with Crippen molar-refractivity contribution in [3.63, 3.8) is 0 Å². The van der Waals surface area contributed by atoms with Crippen LogP contribution in [0.2, 0.25) is 0 Å². The summed E-state index contributed by atoms with van der Waals surface area (Å²) in [7, 11) is 0.397. The van der Waals surface area contributed by atoms with E-state index in [1.54, 1.807) is 0 Å². The van der Waals surface area contributed by atoms with Crippen molar-refractivity contribution in [1.82, 2.24) is 9.21 Å². The summed E-state index contributed by atoms with van der Waals surface area (Å²) in [5, 5.41) is 0. The summed E-state index contributed by atoms with van der Waals surface area (Å²) in [6, 6.07) is 3.66. The van der Waals surface area contributed by atoms with E-state index in [0.29, 0.717) is 0 Å². The maximum Gasteiger partial charge on any atom is 0.248 e. The van der Waals surface area contributed by atoms with Crippen LogP contribution in [0.1, 0.15) is 10.4 Å². The Labute approximate surface area is 123 Å². The molecule has 0 aliphatic rings. The van der Waals surface area contributed by atoms with E-state index >= 15 is 0 Å². The number of anilines is 1. The Morgan fingerprint density at radius 2 is 1.76 bits per heavy atom. The van der Waals surface area contributed by atoms with Gasteiger partial charge in [0.15, 0.2) is 0 Å². The molecule has 0 aliphatic carbocycles. The van der Waals surface area contributed by atoms with Crippen LogP contribution < -0.4 is 11.5 Å². The highest BCUT2D eigenvalue weighted by Gasteiger charge is 2.26. The van der Waals surface area contributed by atoms with E-state index in [1.165, 1.54) is 44.2 Å². The molecule has 1 aromatic rings. The Kier molecular flexibility index (Phi) is 4.92. The van der Waals surface area contributed by atoms with Gasteiger partial charge in [-0.3, -0.25) is 9.59 Å². The van der Waals surface area contributed by atoms with Crippen LogP contribution >= 0.6 is 0 Å². The molecule has 0 aliphatic heterocycles. The van der Waals surface area contributed by atoms with Crippen molar-refractivity contribution in [1.29, 1.82) is 0 Å². The number of carbonyl (C=O) groups excluding carboxylic acids is 2. The first kappa shape index (κ1) is 16.9. The fraction of sp³-hybridized carbons (Fsp3) is 0.333. The predicted octanol–water partition coefficient (Wildman–Crippen LogP) is -0.924. The fourth-order valence-electron chi connectivity index (χ4n) is 1.52. The molecule has 0 radical (unpaired) electrons. The van der Waals surface area contributed by atoms with Crippen LogP contribution in [0.3, 0.4) is 0 Å². The van der Waals surface area contributed by atoms with Crippen LogP contribution in [0.4, 0.5) is 5.69 Å². The summed E-state index contributed by atoms with van der Waals surface area (Å²) in [6.45, 7) is -0.313. The van der Waals surface area contributed by atoms with Crippen molar-refractivity contribution in [3.05, 3.63) is 23.8 Å². The topological polar surface area (TPSA) is 127 Å². The molecule has 4 N–H and O–H groups in total. The first-order valence-corrected chi connectivity index (χ1v) is 7.37. The third kappa shape index (κ3) is 3.70. The molecule has 8 nitrogen and oxygen atoms in total. The maximum atomic E-state index is 12.4. The van der Waals surface area contributed by atoms with Crippen LogP contribution in [0, 0.1) is 0 Å². The molecule has 0 saturated heterocycles. The van der Waals surface area contributed by atoms with Gasteiger partial charge >= 0.3 is 0 Å². The second-order valence-corrected chi connectivity index (χ2v) is 6.68. The largest absolute Gasteiger partial charge is 0.398 e. The second-order valence-electron chi connectivity index (χ2n) is 4.67. The molecule has 0 atom stereocenters. The lowest BCUT2D eigenvalue weighted by Gasteiger charge is -2.20. The highest BCUT2D eigenvalue weighted by Crippen LogP contribution is 2.22. The van der Waals surface area contributed by atoms with E-state index < -0.39 is 15.9 Å². The normalized spacial score (nSPS) is 11.4. The minimum absolute atomic E-state index is 0.101. The summed E-state index contributed by atoms with van der Waals surface area (Å²) in [4.78, 5) is 23.7. The number of hydrogen-bond acceptors (Lipinski definition) is 5. The fourth-order valence-corrected chi connectivity index (χ4v) is 2.73. The SMILES string of the molecule is CN(C)C(=O)CN(C)S(=O)(=O)c1ccc(C(N)=O)cc1N. The molecule has 9 heteroatoms. The van der Waals surface area contributed by atoms with Gasteiger partial charge in [0.2, 0.25) is 21.8 Å². The summed E-state index contributed by atoms with van der Waals surface area (Å²) in [5.74, 6) is -1.07. The minimum Gasteiger partial charge on any atom is -0.398 e. The van der Waals surface area contributed by atoms with Crippen molar-refractivity contribution in [3.8, 4) is 0 Å². The number of hydrogen-bond donors (Lipinski definition) is 2. The van der Waals surface area contributed by atoms with Crippen LogP contribution in [0.25, 0.3) is 0 Å². The van der Waals surface area contributed by atoms with Crippen molar-refractivity contribution >= 4 is 27.5 Å². The molecule has 1 aromatic carbocycles. The molecule has 0 saturated carbocycles. The van der Waals surface area contributed by atoms with Crippen molar-refractivity contribution < 1.29 is 18.0 Å². The van der Waals surface area contributed by atoms with E-state index in [9.17, 15) is 18.0 Å². The van der Waals surface area contributed by atoms with E-state index in [1.807, 2.05) is 0 Å². The van der Waals surface area contributed by atoms with Gasteiger partial charge in [-0.1, -0.05) is 0 Å². The van der Waals surface area contributed by atoms with Gasteiger partial charge in [-0.15, -0.1) is 0 Å². The third-order valence-corrected chi connectivity index (χ3v) is 4.72. The van der Waals surface area contributed by atoms with E-state index in [4.69, 9.17) is 11.5 Å². The Hall–Kier alpha value is -2.13. The highest BCUT2D eigenvalue weighted by molar-refractivity contribution is 7.89. The van der Waals surface area contributed by atoms with Crippen LogP contribution in [0.15, 0.2) is 23.1 Å². The Balaban J connectivity index is 3.13. The van der Waals surface area contributed by atoms with E-state index in [-0.39, 0.29) is 28.6 Å². The standard InChI is InChI=1S/C12H18N4O4S/c1-15(2)11(17)7-16(3)21(19,20)10-5-4-8(12(14)18)6-9(10)13/h4-6H,7,13H2,1-3H3,(H2,14,18). The minimum atomic E-state index is -3.93. The first-order valence-electron chi connectivity index (χ1n) is 5.93. The summed E-state index contributed by atoms with van der Waals surface area (Å²) in [5.41, 5.74) is 10.8. The molecule has 1 rings (SSSR count). The summed E-state index contributed by atoms with van der Waals surface area (Å²) < 4.78 is 25.6. The van der Waals surface area contributed by atoms with Gasteiger partial charge < -0.3 is 16.4 Å². The van der Waals surface area contributed by atoms with Gasteiger partial charge in [-0.05, 0) is 18.2 Å². The molecule has 21 heavy (non-hydrogen) atoms. The Morgan fingerprint density at radius 1 is 1.19 bits per heavy atom. The average Bonchev–Trinajstić information content (AvgIpc) is 2.37. The summed E-state index contributed by atoms with van der Waals surface area (Å²) >= 11 is 0. The third-order valence-electron chi connectivity index (χ3n) is 2.84. The maximum absolute atomic E-state index is 12.4. The molecule has 2 amide bonds. The van der Waals surface area contributed by atoms with Crippen molar-refractivity contribution in [2.45, 2.75) is 4.90 Å². The number of rotatable bonds is 5. The molecule has 0 unspecified atom stereocenters. The van der Waals surface area contributed by atoms with E-state index in [2.05, 4.69) is 0 Å². The Bertz CT molecular complexity index is 670. The van der Waals surface area contributed by atoms with Crippen molar-refractivity contribution in [2.24, 2.45) is 5.73 Å². The second kappa shape index (κ2) is 6.10. The molecular weight excluding hydrogens is 296 g/mol. The van der Waals surface area contributed by atoms with Crippen molar-refractivity contribution in [2.75, 3.05) is 33.4 Å². The number of nitrogens with zero attached hydrogens (tertiary/aromatic N) is 2. The van der Waals surface area contributed by atoms with E-state index in [0.717, 1.165) is 4.31 Å². The Morgan fingerprint density at radius 3 is 2.19 bits per heavy atom. The first-order chi connectivity index (χ1) is 9.57. The predicted molar refractivity (Wildman–Crippen MR) is 77.9 cm³/mol. The average molecular weight is 314 g/mol. The molecule has 0 fully saturated rings. The highest BCUT2D eigenvalue weighted by atomic mass is 32.2. The van der Waals surface area contributed by atoms with Crippen LogP contribution in [0.5, 0.6) is 0 Å². The molecule has 0 bridgehead atoms. The van der Waals surface area contributed by atoms with Gasteiger partial charge in [0.1, 0.15) is 4.90 Å². The van der Waals surface area contributed by atoms with Gasteiger partial charge in [0, 0.05) is 26.7 Å². The number of nitrogens with two attached hydrogens (primary N) is 2. The zero-order valence-electron chi connectivity index (χ0n) is 12.0. The number of amides is 2. The lowest BCUT2D eigenvalue weighted by molar-refractivity contribution is -0.128. The van der Waals surface area contributed by atoms with Gasteiger partial charge in [-0.25, -0.2) is 8.42 Å². The van der Waals surface area contributed by atoms with Gasteiger partial charge in [0.25, 0.3) is 0 Å². The molecule has 0 spiro atoms. The molecular formula is C12H18N4O4S. The lowest BCUT2D eigenvalue weighted by atomic mass is 10.2. The monoisotopic (exact) mass is 314 g/mol. The zero-order chi connectivity index (χ0) is 16.4. The van der Waals surface area contributed by atoms with Crippen LogP contribution in [-0.4, -0.2) is 57.1 Å². The zero-order valence-corrected chi connectivity index (χ0v) is 12.8. The van der Waals surface area contributed by atoms with Gasteiger partial charge in [0.05, 0.1) is 12.2 Å². The number of likely N-dealkylation sites (N-methyl/N-ethyl adjacent to an activating group) is 2. The van der Waals surface area contributed by atoms with Crippen LogP contribution in [-0.2, 0) is 14.8 Å². The molecule has 0 heterocycles.